The summed E-state index contributed by atoms with van der Waals surface area (Å²) in [5.41, 5.74) is -13.2. The zero-order chi connectivity index (χ0) is 25.7. The molecule has 1 N–H and O–H groups in total. The second kappa shape index (κ2) is 7.61. The van der Waals surface area contributed by atoms with Crippen LogP contribution >= 0.6 is 0 Å². The number of carbonyl (C=O) groups excluding carboxylic acids is 1. The predicted octanol–water partition coefficient (Wildman–Crippen LogP) is 4.84. The molecule has 0 rings (SSSR count). The lowest BCUT2D eigenvalue weighted by atomic mass is 9.82. The van der Waals surface area contributed by atoms with Crippen LogP contribution in [0.3, 0.4) is 0 Å². The number of carbonyl (C=O) groups is 1. The summed E-state index contributed by atoms with van der Waals surface area (Å²) >= 11 is 0. The second-order valence-corrected chi connectivity index (χ2v) is 6.04. The molecule has 0 aromatic heterocycles. The molecule has 1 atom stereocenters. The van der Waals surface area contributed by atoms with E-state index in [0.29, 0.717) is 0 Å². The molecule has 3 nitrogen and oxygen atoms in total. The van der Waals surface area contributed by atoms with Gasteiger partial charge in [0.25, 0.3) is 0 Å². The van der Waals surface area contributed by atoms with Gasteiger partial charge in [-0.2, -0.15) is 61.5 Å². The fraction of sp³-hybridized carbons (Fsp3) is 0.769. The highest BCUT2D eigenvalue weighted by molar-refractivity contribution is 5.81. The van der Waals surface area contributed by atoms with Gasteiger partial charge < -0.3 is 9.84 Å². The monoisotopic (exact) mass is 498 g/mol. The van der Waals surface area contributed by atoms with Crippen LogP contribution in [-0.4, -0.2) is 65.0 Å². The molecule has 0 radical (unpaired) electrons. The minimum Gasteiger partial charge on any atom is -0.459 e. The Morgan fingerprint density at radius 2 is 1.06 bits per heavy atom. The van der Waals surface area contributed by atoms with Crippen molar-refractivity contribution in [2.24, 2.45) is 0 Å². The molecule has 0 spiro atoms. The largest absolute Gasteiger partial charge is 0.459 e. The molecule has 0 fully saturated rings. The molecule has 0 saturated heterocycles. The van der Waals surface area contributed by atoms with E-state index in [2.05, 4.69) is 11.3 Å². The van der Waals surface area contributed by atoms with Gasteiger partial charge in [0.2, 0.25) is 0 Å². The summed E-state index contributed by atoms with van der Waals surface area (Å²) in [5, 5.41) is 9.22. The number of rotatable bonds is 8. The SMILES string of the molecule is C=CC(=O)OCC(C)(O)C(F)(F)C(F)(F)C(F)(F)C(F)(F)C(F)(C(F)(F)F)C(F)(F)F. The summed E-state index contributed by atoms with van der Waals surface area (Å²) in [6.07, 6.45) is -16.0. The maximum absolute atomic E-state index is 13.8. The fourth-order valence-electron chi connectivity index (χ4n) is 1.83. The van der Waals surface area contributed by atoms with Crippen LogP contribution in [0.2, 0.25) is 0 Å². The maximum Gasteiger partial charge on any atom is 0.438 e. The van der Waals surface area contributed by atoms with Gasteiger partial charge in [-0.1, -0.05) is 6.58 Å². The van der Waals surface area contributed by atoms with E-state index < -0.39 is 66.8 Å². The van der Waals surface area contributed by atoms with E-state index in [1.807, 2.05) is 0 Å². The first-order valence-electron chi connectivity index (χ1n) is 7.06. The topological polar surface area (TPSA) is 46.5 Å². The first-order valence-corrected chi connectivity index (χ1v) is 7.06. The van der Waals surface area contributed by atoms with Crippen molar-refractivity contribution in [3.05, 3.63) is 12.7 Å². The standard InChI is InChI=1S/C13H9F15O3/c1-3-5(29)31-4-6(2,30)8(15,16)10(19,20)11(21,22)9(17,18)7(14,12(23,24)25)13(26,27)28/h3,30H,1,4H2,2H3. The molecular weight excluding hydrogens is 489 g/mol. The maximum atomic E-state index is 13.8. The highest BCUT2D eigenvalue weighted by atomic mass is 19.4. The van der Waals surface area contributed by atoms with Gasteiger partial charge in [-0.3, -0.25) is 0 Å². The van der Waals surface area contributed by atoms with E-state index >= 15 is 0 Å². The molecular formula is C13H9F15O3. The minimum absolute atomic E-state index is 0.138. The third kappa shape index (κ3) is 4.02. The second-order valence-electron chi connectivity index (χ2n) is 6.04. The van der Waals surface area contributed by atoms with Crippen LogP contribution in [0.15, 0.2) is 12.7 Å². The van der Waals surface area contributed by atoms with Crippen molar-refractivity contribution >= 4 is 5.97 Å². The Morgan fingerprint density at radius 3 is 1.35 bits per heavy atom. The molecule has 0 aromatic rings. The number of halogens is 15. The van der Waals surface area contributed by atoms with Gasteiger partial charge in [-0.15, -0.1) is 0 Å². The number of esters is 1. The highest BCUT2D eigenvalue weighted by Crippen LogP contribution is 2.64. The number of hydrogen-bond acceptors (Lipinski definition) is 3. The van der Waals surface area contributed by atoms with Crippen molar-refractivity contribution < 1.29 is 80.5 Å². The van der Waals surface area contributed by atoms with Gasteiger partial charge in [0.05, 0.1) is 0 Å². The minimum atomic E-state index is -8.60. The Kier molecular flexibility index (Phi) is 7.15. The van der Waals surface area contributed by atoms with Gasteiger partial charge >= 0.3 is 47.7 Å². The van der Waals surface area contributed by atoms with Crippen LogP contribution in [0.25, 0.3) is 0 Å². The van der Waals surface area contributed by atoms with E-state index in [9.17, 15) is 75.8 Å². The Hall–Kier alpha value is -1.88. The molecule has 0 saturated carbocycles. The molecule has 0 aromatic carbocycles. The average Bonchev–Trinajstić information content (AvgIpc) is 2.55. The lowest BCUT2D eigenvalue weighted by Gasteiger charge is -2.45. The molecule has 18 heteroatoms. The first kappa shape index (κ1) is 29.1. The van der Waals surface area contributed by atoms with Crippen LogP contribution in [-0.2, 0) is 9.53 Å². The van der Waals surface area contributed by atoms with Crippen LogP contribution in [0.5, 0.6) is 0 Å². The molecule has 1 unspecified atom stereocenters. The first-order chi connectivity index (χ1) is 13.2. The zero-order valence-electron chi connectivity index (χ0n) is 14.4. The normalized spacial score (nSPS) is 17.2. The van der Waals surface area contributed by atoms with Crippen molar-refractivity contribution in [1.29, 1.82) is 0 Å². The van der Waals surface area contributed by atoms with Crippen molar-refractivity contribution in [3.63, 3.8) is 0 Å². The summed E-state index contributed by atoms with van der Waals surface area (Å²) in [5.74, 6) is -33.8. The number of ether oxygens (including phenoxy) is 1. The van der Waals surface area contributed by atoms with Gasteiger partial charge in [0, 0.05) is 6.08 Å². The number of alkyl halides is 15. The Balaban J connectivity index is 6.74. The third-order valence-electron chi connectivity index (χ3n) is 3.74. The molecule has 0 aliphatic heterocycles. The summed E-state index contributed by atoms with van der Waals surface area (Å²) in [4.78, 5) is 10.7. The number of hydrogen-bond donors (Lipinski definition) is 1. The summed E-state index contributed by atoms with van der Waals surface area (Å²) in [6.45, 7) is -0.332. The van der Waals surface area contributed by atoms with Crippen LogP contribution in [0.1, 0.15) is 6.92 Å². The van der Waals surface area contributed by atoms with E-state index in [-0.39, 0.29) is 6.08 Å². The zero-order valence-corrected chi connectivity index (χ0v) is 14.4. The van der Waals surface area contributed by atoms with Gasteiger partial charge in [0.15, 0.2) is 5.60 Å². The molecule has 0 bridgehead atoms. The summed E-state index contributed by atoms with van der Waals surface area (Å²) in [7, 11) is 0. The Morgan fingerprint density at radius 1 is 0.742 bits per heavy atom. The van der Waals surface area contributed by atoms with Gasteiger partial charge in [0.1, 0.15) is 6.61 Å². The molecule has 0 aliphatic rings. The van der Waals surface area contributed by atoms with E-state index in [0.717, 1.165) is 0 Å². The van der Waals surface area contributed by atoms with Crippen LogP contribution in [0.4, 0.5) is 65.9 Å². The molecule has 0 aliphatic carbocycles. The fourth-order valence-corrected chi connectivity index (χ4v) is 1.83. The molecule has 0 amide bonds. The Bertz CT molecular complexity index is 675. The average molecular weight is 498 g/mol. The predicted molar refractivity (Wildman–Crippen MR) is 67.5 cm³/mol. The lowest BCUT2D eigenvalue weighted by Crippen LogP contribution is -2.77. The summed E-state index contributed by atoms with van der Waals surface area (Å²) in [6, 6.07) is 0. The van der Waals surface area contributed by atoms with E-state index in [1.54, 1.807) is 0 Å². The Labute approximate surface area is 161 Å². The quantitative estimate of drug-likeness (QED) is 0.296. The van der Waals surface area contributed by atoms with Crippen molar-refractivity contribution in [3.8, 4) is 0 Å². The smallest absolute Gasteiger partial charge is 0.438 e. The third-order valence-corrected chi connectivity index (χ3v) is 3.74. The van der Waals surface area contributed by atoms with Crippen LogP contribution < -0.4 is 0 Å². The van der Waals surface area contributed by atoms with Crippen LogP contribution in [0, 0.1) is 0 Å². The van der Waals surface area contributed by atoms with E-state index in [4.69, 9.17) is 0 Å². The highest BCUT2D eigenvalue weighted by Gasteiger charge is 2.96. The molecule has 184 valence electrons. The van der Waals surface area contributed by atoms with Crippen molar-refractivity contribution in [2.75, 3.05) is 6.61 Å². The summed E-state index contributed by atoms with van der Waals surface area (Å²) < 4.78 is 200. The molecule has 31 heavy (non-hydrogen) atoms. The lowest BCUT2D eigenvalue weighted by molar-refractivity contribution is -0.463. The van der Waals surface area contributed by atoms with Crippen molar-refractivity contribution in [2.45, 2.75) is 54.2 Å². The van der Waals surface area contributed by atoms with Gasteiger partial charge in [-0.25, -0.2) is 9.18 Å². The van der Waals surface area contributed by atoms with Gasteiger partial charge in [-0.05, 0) is 6.92 Å². The molecule has 0 heterocycles. The van der Waals surface area contributed by atoms with Crippen molar-refractivity contribution in [1.82, 2.24) is 0 Å². The number of aliphatic hydroxyl groups is 1. The van der Waals surface area contributed by atoms with E-state index in [1.165, 1.54) is 0 Å².